The molecule has 0 fully saturated rings. The van der Waals surface area contributed by atoms with E-state index in [0.717, 1.165) is 16.8 Å². The van der Waals surface area contributed by atoms with Gasteiger partial charge in [0.2, 0.25) is 0 Å². The quantitative estimate of drug-likeness (QED) is 0.621. The summed E-state index contributed by atoms with van der Waals surface area (Å²) in [5.41, 5.74) is 8.07. The van der Waals surface area contributed by atoms with Crippen LogP contribution in [0, 0.1) is 6.92 Å². The molecular formula is C9H12N2OS. The molecule has 0 aromatic heterocycles. The Morgan fingerprint density at radius 3 is 2.85 bits per heavy atom. The first kappa shape index (κ1) is 9.95. The van der Waals surface area contributed by atoms with Crippen LogP contribution in [0.3, 0.4) is 0 Å². The molecule has 13 heavy (non-hydrogen) atoms. The Morgan fingerprint density at radius 2 is 2.31 bits per heavy atom. The molecule has 0 aliphatic heterocycles. The Morgan fingerprint density at radius 1 is 1.62 bits per heavy atom. The van der Waals surface area contributed by atoms with Gasteiger partial charge >= 0.3 is 0 Å². The molecule has 1 aromatic carbocycles. The molecule has 0 saturated heterocycles. The normalized spacial score (nSPS) is 9.69. The maximum absolute atomic E-state index is 8.90. The van der Waals surface area contributed by atoms with E-state index in [1.165, 1.54) is 0 Å². The molecule has 1 aromatic rings. The zero-order chi connectivity index (χ0) is 9.84. The lowest BCUT2D eigenvalue weighted by molar-refractivity contribution is 0.282. The van der Waals surface area contributed by atoms with E-state index in [2.05, 4.69) is 5.32 Å². The number of aliphatic hydroxyl groups excluding tert-OH is 1. The Bertz CT molecular complexity index is 325. The lowest BCUT2D eigenvalue weighted by Crippen LogP contribution is -2.19. The van der Waals surface area contributed by atoms with E-state index in [1.54, 1.807) is 0 Å². The standard InChI is InChI=1S/C9H12N2OS/c1-6-2-3-7(5-12)4-8(6)11-9(10)13/h2-4,12H,5H2,1H3,(H3,10,11,13). The van der Waals surface area contributed by atoms with Crippen LogP contribution >= 0.6 is 12.2 Å². The number of nitrogens with two attached hydrogens (primary N) is 1. The molecule has 0 atom stereocenters. The van der Waals surface area contributed by atoms with Crippen LogP contribution in [-0.4, -0.2) is 10.2 Å². The van der Waals surface area contributed by atoms with Crippen LogP contribution in [0.1, 0.15) is 11.1 Å². The highest BCUT2D eigenvalue weighted by atomic mass is 32.1. The van der Waals surface area contributed by atoms with Gasteiger partial charge in [0, 0.05) is 5.69 Å². The van der Waals surface area contributed by atoms with Gasteiger partial charge in [-0.3, -0.25) is 0 Å². The van der Waals surface area contributed by atoms with Crippen LogP contribution < -0.4 is 11.1 Å². The van der Waals surface area contributed by atoms with E-state index in [9.17, 15) is 0 Å². The third kappa shape index (κ3) is 2.68. The molecular weight excluding hydrogens is 184 g/mol. The van der Waals surface area contributed by atoms with Crippen molar-refractivity contribution in [3.05, 3.63) is 29.3 Å². The summed E-state index contributed by atoms with van der Waals surface area (Å²) < 4.78 is 0. The topological polar surface area (TPSA) is 58.3 Å². The average molecular weight is 196 g/mol. The van der Waals surface area contributed by atoms with E-state index < -0.39 is 0 Å². The van der Waals surface area contributed by atoms with Crippen LogP contribution in [0.25, 0.3) is 0 Å². The molecule has 4 heteroatoms. The molecule has 0 radical (unpaired) electrons. The van der Waals surface area contributed by atoms with E-state index >= 15 is 0 Å². The average Bonchev–Trinajstić information content (AvgIpc) is 2.08. The molecule has 1 rings (SSSR count). The minimum Gasteiger partial charge on any atom is -0.392 e. The maximum atomic E-state index is 8.90. The van der Waals surface area contributed by atoms with Gasteiger partial charge in [0.15, 0.2) is 5.11 Å². The first-order valence-electron chi connectivity index (χ1n) is 3.90. The SMILES string of the molecule is Cc1ccc(CO)cc1NC(N)=S. The Balaban J connectivity index is 2.96. The van der Waals surface area contributed by atoms with E-state index in [0.29, 0.717) is 0 Å². The van der Waals surface area contributed by atoms with Gasteiger partial charge in [-0.2, -0.15) is 0 Å². The number of benzene rings is 1. The summed E-state index contributed by atoms with van der Waals surface area (Å²) in [5, 5.41) is 12.0. The molecule has 0 bridgehead atoms. The highest BCUT2D eigenvalue weighted by molar-refractivity contribution is 7.80. The second-order valence-electron chi connectivity index (χ2n) is 2.80. The predicted molar refractivity (Wildman–Crippen MR) is 57.5 cm³/mol. The molecule has 0 unspecified atom stereocenters. The number of hydrogen-bond acceptors (Lipinski definition) is 2. The second-order valence-corrected chi connectivity index (χ2v) is 3.24. The van der Waals surface area contributed by atoms with Crippen LogP contribution in [-0.2, 0) is 6.61 Å². The lowest BCUT2D eigenvalue weighted by atomic mass is 10.1. The van der Waals surface area contributed by atoms with Crippen molar-refractivity contribution >= 4 is 23.0 Å². The van der Waals surface area contributed by atoms with Crippen molar-refractivity contribution in [3.63, 3.8) is 0 Å². The van der Waals surface area contributed by atoms with Gasteiger partial charge in [0.1, 0.15) is 0 Å². The Labute approximate surface area is 82.6 Å². The van der Waals surface area contributed by atoms with Crippen LogP contribution in [0.5, 0.6) is 0 Å². The number of hydrogen-bond donors (Lipinski definition) is 3. The summed E-state index contributed by atoms with van der Waals surface area (Å²) in [4.78, 5) is 0. The van der Waals surface area contributed by atoms with Crippen molar-refractivity contribution in [1.82, 2.24) is 0 Å². The molecule has 0 amide bonds. The Kier molecular flexibility index (Phi) is 3.22. The van der Waals surface area contributed by atoms with Crippen molar-refractivity contribution in [3.8, 4) is 0 Å². The molecule has 3 nitrogen and oxygen atoms in total. The molecule has 0 heterocycles. The number of rotatable bonds is 2. The van der Waals surface area contributed by atoms with Gasteiger partial charge in [-0.05, 0) is 36.3 Å². The minimum absolute atomic E-state index is 0.0201. The molecule has 0 spiro atoms. The maximum Gasteiger partial charge on any atom is 0.168 e. The first-order chi connectivity index (χ1) is 6.13. The van der Waals surface area contributed by atoms with Crippen molar-refractivity contribution in [1.29, 1.82) is 0 Å². The van der Waals surface area contributed by atoms with Crippen molar-refractivity contribution in [2.45, 2.75) is 13.5 Å². The van der Waals surface area contributed by atoms with E-state index in [1.807, 2.05) is 25.1 Å². The first-order valence-corrected chi connectivity index (χ1v) is 4.31. The van der Waals surface area contributed by atoms with Crippen LogP contribution in [0.4, 0.5) is 5.69 Å². The zero-order valence-electron chi connectivity index (χ0n) is 7.37. The highest BCUT2D eigenvalue weighted by Gasteiger charge is 1.99. The smallest absolute Gasteiger partial charge is 0.168 e. The van der Waals surface area contributed by atoms with Gasteiger partial charge in [-0.15, -0.1) is 0 Å². The van der Waals surface area contributed by atoms with Crippen molar-refractivity contribution < 1.29 is 5.11 Å². The highest BCUT2D eigenvalue weighted by Crippen LogP contribution is 2.16. The molecule has 4 N–H and O–H groups in total. The van der Waals surface area contributed by atoms with E-state index in [-0.39, 0.29) is 11.7 Å². The monoisotopic (exact) mass is 196 g/mol. The molecule has 0 aliphatic carbocycles. The van der Waals surface area contributed by atoms with Gasteiger partial charge in [0.25, 0.3) is 0 Å². The molecule has 0 saturated carbocycles. The lowest BCUT2D eigenvalue weighted by Gasteiger charge is -2.08. The summed E-state index contributed by atoms with van der Waals surface area (Å²) in [5.74, 6) is 0. The third-order valence-electron chi connectivity index (χ3n) is 1.74. The van der Waals surface area contributed by atoms with Gasteiger partial charge < -0.3 is 16.2 Å². The number of nitrogens with one attached hydrogen (secondary N) is 1. The van der Waals surface area contributed by atoms with Gasteiger partial charge in [-0.1, -0.05) is 12.1 Å². The van der Waals surface area contributed by atoms with Crippen LogP contribution in [0.15, 0.2) is 18.2 Å². The van der Waals surface area contributed by atoms with Gasteiger partial charge in [-0.25, -0.2) is 0 Å². The summed E-state index contributed by atoms with van der Waals surface area (Å²) in [7, 11) is 0. The number of thiocarbonyl (C=S) groups is 1. The minimum atomic E-state index is 0.0201. The zero-order valence-corrected chi connectivity index (χ0v) is 8.19. The number of aliphatic hydroxyl groups is 1. The van der Waals surface area contributed by atoms with Gasteiger partial charge in [0.05, 0.1) is 6.61 Å². The van der Waals surface area contributed by atoms with Crippen molar-refractivity contribution in [2.24, 2.45) is 5.73 Å². The molecule has 0 aliphatic rings. The largest absolute Gasteiger partial charge is 0.392 e. The van der Waals surface area contributed by atoms with E-state index in [4.69, 9.17) is 23.1 Å². The number of anilines is 1. The third-order valence-corrected chi connectivity index (χ3v) is 1.84. The summed E-state index contributed by atoms with van der Waals surface area (Å²) in [6, 6.07) is 5.60. The second kappa shape index (κ2) is 4.20. The fourth-order valence-corrected chi connectivity index (χ4v) is 1.14. The fourth-order valence-electron chi connectivity index (χ4n) is 1.03. The summed E-state index contributed by atoms with van der Waals surface area (Å²) in [6.45, 7) is 1.97. The number of aryl methyl sites for hydroxylation is 1. The predicted octanol–water partition coefficient (Wildman–Crippen LogP) is 1.14. The summed E-state index contributed by atoms with van der Waals surface area (Å²) >= 11 is 4.72. The van der Waals surface area contributed by atoms with Crippen LogP contribution in [0.2, 0.25) is 0 Å². The summed E-state index contributed by atoms with van der Waals surface area (Å²) in [6.07, 6.45) is 0. The fraction of sp³-hybridized carbons (Fsp3) is 0.222. The Hall–Kier alpha value is -1.13. The molecule has 70 valence electrons. The van der Waals surface area contributed by atoms with Crippen molar-refractivity contribution in [2.75, 3.05) is 5.32 Å².